The summed E-state index contributed by atoms with van der Waals surface area (Å²) >= 11 is 0. The van der Waals surface area contributed by atoms with Gasteiger partial charge in [0.15, 0.2) is 0 Å². The summed E-state index contributed by atoms with van der Waals surface area (Å²) in [5.74, 6) is -0.186. The van der Waals surface area contributed by atoms with Crippen molar-refractivity contribution in [1.29, 1.82) is 0 Å². The number of nitrogens with zero attached hydrogens (tertiary/aromatic N) is 2. The van der Waals surface area contributed by atoms with Gasteiger partial charge in [-0.2, -0.15) is 5.10 Å². The molecule has 0 spiro atoms. The molecule has 0 radical (unpaired) electrons. The second-order valence-electron chi connectivity index (χ2n) is 4.46. The normalized spacial score (nSPS) is 12.6. The van der Waals surface area contributed by atoms with E-state index in [4.69, 9.17) is 0 Å². The highest BCUT2D eigenvalue weighted by molar-refractivity contribution is 5.20. The van der Waals surface area contributed by atoms with Crippen molar-refractivity contribution in [2.75, 3.05) is 7.05 Å². The third-order valence-electron chi connectivity index (χ3n) is 3.08. The van der Waals surface area contributed by atoms with Gasteiger partial charge in [-0.3, -0.25) is 4.68 Å². The lowest BCUT2D eigenvalue weighted by Gasteiger charge is -2.16. The molecule has 0 aliphatic heterocycles. The Balaban J connectivity index is 2.01. The molecule has 0 bridgehead atoms. The molecule has 2 rings (SSSR count). The summed E-state index contributed by atoms with van der Waals surface area (Å²) in [4.78, 5) is 0. The van der Waals surface area contributed by atoms with E-state index in [1.807, 2.05) is 32.6 Å². The van der Waals surface area contributed by atoms with Crippen molar-refractivity contribution in [3.63, 3.8) is 0 Å². The molecule has 1 atom stereocenters. The fourth-order valence-corrected chi connectivity index (χ4v) is 2.11. The topological polar surface area (TPSA) is 29.9 Å². The first-order valence-corrected chi connectivity index (χ1v) is 6.09. The largest absolute Gasteiger partial charge is 0.313 e. The molecule has 0 aliphatic rings. The van der Waals surface area contributed by atoms with E-state index in [1.54, 1.807) is 16.8 Å². The lowest BCUT2D eigenvalue weighted by Crippen LogP contribution is -2.17. The highest BCUT2D eigenvalue weighted by Gasteiger charge is 2.10. The van der Waals surface area contributed by atoms with Crippen LogP contribution in [0.3, 0.4) is 0 Å². The van der Waals surface area contributed by atoms with Gasteiger partial charge < -0.3 is 5.32 Å². The summed E-state index contributed by atoms with van der Waals surface area (Å²) in [6.07, 6.45) is 5.73. The molecule has 0 fully saturated rings. The van der Waals surface area contributed by atoms with Crippen molar-refractivity contribution in [3.05, 3.63) is 53.6 Å². The van der Waals surface area contributed by atoms with Crippen molar-refractivity contribution < 1.29 is 4.39 Å². The predicted octanol–water partition coefficient (Wildman–Crippen LogP) is 2.45. The Bertz CT molecular complexity index is 507. The van der Waals surface area contributed by atoms with Crippen molar-refractivity contribution in [2.45, 2.75) is 18.9 Å². The Morgan fingerprint density at radius 1 is 1.44 bits per heavy atom. The zero-order chi connectivity index (χ0) is 13.0. The maximum atomic E-state index is 13.2. The number of aromatic nitrogens is 2. The van der Waals surface area contributed by atoms with Crippen LogP contribution < -0.4 is 5.32 Å². The van der Waals surface area contributed by atoms with Crippen LogP contribution in [-0.2, 0) is 13.5 Å². The summed E-state index contributed by atoms with van der Waals surface area (Å²) in [7, 11) is 3.81. The quantitative estimate of drug-likeness (QED) is 0.879. The van der Waals surface area contributed by atoms with Gasteiger partial charge in [0, 0.05) is 19.3 Å². The van der Waals surface area contributed by atoms with E-state index in [9.17, 15) is 4.39 Å². The molecule has 1 aromatic heterocycles. The van der Waals surface area contributed by atoms with Crippen molar-refractivity contribution in [3.8, 4) is 0 Å². The van der Waals surface area contributed by atoms with Gasteiger partial charge in [-0.1, -0.05) is 12.1 Å². The Morgan fingerprint density at radius 3 is 2.89 bits per heavy atom. The van der Waals surface area contributed by atoms with Gasteiger partial charge in [0.05, 0.1) is 6.20 Å². The second-order valence-corrected chi connectivity index (χ2v) is 4.46. The number of hydrogen-bond acceptors (Lipinski definition) is 2. The van der Waals surface area contributed by atoms with Gasteiger partial charge in [0.1, 0.15) is 5.82 Å². The minimum absolute atomic E-state index is 0.168. The molecule has 1 aromatic carbocycles. The molecule has 3 nitrogen and oxygen atoms in total. The first-order chi connectivity index (χ1) is 8.69. The maximum Gasteiger partial charge on any atom is 0.123 e. The summed E-state index contributed by atoms with van der Waals surface area (Å²) in [5, 5.41) is 7.37. The standard InChI is InChI=1S/C14H18FN3/c1-16-14(12-4-3-5-13(15)8-12)7-6-11-9-17-18(2)10-11/h3-5,8-10,14,16H,6-7H2,1-2H3. The summed E-state index contributed by atoms with van der Waals surface area (Å²) in [6, 6.07) is 6.93. The molecule has 1 heterocycles. The molecule has 96 valence electrons. The highest BCUT2D eigenvalue weighted by Crippen LogP contribution is 2.19. The van der Waals surface area contributed by atoms with E-state index in [0.717, 1.165) is 18.4 Å². The summed E-state index contributed by atoms with van der Waals surface area (Å²) in [6.45, 7) is 0. The van der Waals surface area contributed by atoms with Crippen LogP contribution in [0.4, 0.5) is 4.39 Å². The average Bonchev–Trinajstić information content (AvgIpc) is 2.76. The van der Waals surface area contributed by atoms with Crippen LogP contribution in [-0.4, -0.2) is 16.8 Å². The maximum absolute atomic E-state index is 13.2. The van der Waals surface area contributed by atoms with Crippen LogP contribution >= 0.6 is 0 Å². The second kappa shape index (κ2) is 5.78. The summed E-state index contributed by atoms with van der Waals surface area (Å²) < 4.78 is 15.0. The van der Waals surface area contributed by atoms with Crippen LogP contribution in [0, 0.1) is 5.82 Å². The van der Waals surface area contributed by atoms with E-state index < -0.39 is 0 Å². The van der Waals surface area contributed by atoms with Gasteiger partial charge in [-0.15, -0.1) is 0 Å². The van der Waals surface area contributed by atoms with Crippen LogP contribution in [0.1, 0.15) is 23.6 Å². The highest BCUT2D eigenvalue weighted by atomic mass is 19.1. The number of halogens is 1. The Morgan fingerprint density at radius 2 is 2.28 bits per heavy atom. The first-order valence-electron chi connectivity index (χ1n) is 6.09. The molecule has 0 amide bonds. The molecule has 4 heteroatoms. The minimum Gasteiger partial charge on any atom is -0.313 e. The fourth-order valence-electron chi connectivity index (χ4n) is 2.11. The molecule has 0 saturated carbocycles. The molecule has 0 aliphatic carbocycles. The zero-order valence-electron chi connectivity index (χ0n) is 10.7. The number of hydrogen-bond donors (Lipinski definition) is 1. The molecule has 1 unspecified atom stereocenters. The Hall–Kier alpha value is -1.68. The van der Waals surface area contributed by atoms with Crippen LogP contribution in [0.5, 0.6) is 0 Å². The Labute approximate surface area is 107 Å². The van der Waals surface area contributed by atoms with Crippen LogP contribution in [0.15, 0.2) is 36.7 Å². The monoisotopic (exact) mass is 247 g/mol. The van der Waals surface area contributed by atoms with E-state index in [0.29, 0.717) is 0 Å². The average molecular weight is 247 g/mol. The molecule has 0 saturated heterocycles. The predicted molar refractivity (Wildman–Crippen MR) is 69.7 cm³/mol. The Kier molecular flexibility index (Phi) is 4.10. The van der Waals surface area contributed by atoms with Gasteiger partial charge in [-0.05, 0) is 43.1 Å². The van der Waals surface area contributed by atoms with Crippen LogP contribution in [0.2, 0.25) is 0 Å². The number of benzene rings is 1. The van der Waals surface area contributed by atoms with E-state index in [-0.39, 0.29) is 11.9 Å². The van der Waals surface area contributed by atoms with Crippen molar-refractivity contribution in [1.82, 2.24) is 15.1 Å². The van der Waals surface area contributed by atoms with Crippen molar-refractivity contribution in [2.24, 2.45) is 7.05 Å². The molecular formula is C14H18FN3. The van der Waals surface area contributed by atoms with E-state index in [1.165, 1.54) is 11.6 Å². The molecule has 1 N–H and O–H groups in total. The van der Waals surface area contributed by atoms with E-state index in [2.05, 4.69) is 10.4 Å². The van der Waals surface area contributed by atoms with E-state index >= 15 is 0 Å². The van der Waals surface area contributed by atoms with Gasteiger partial charge >= 0.3 is 0 Å². The van der Waals surface area contributed by atoms with Crippen molar-refractivity contribution >= 4 is 0 Å². The number of aryl methyl sites for hydroxylation is 2. The smallest absolute Gasteiger partial charge is 0.123 e. The SMILES string of the molecule is CNC(CCc1cnn(C)c1)c1cccc(F)c1. The first kappa shape index (κ1) is 12.8. The molecule has 2 aromatic rings. The minimum atomic E-state index is -0.186. The van der Waals surface area contributed by atoms with Gasteiger partial charge in [-0.25, -0.2) is 4.39 Å². The third-order valence-corrected chi connectivity index (χ3v) is 3.08. The van der Waals surface area contributed by atoms with Gasteiger partial charge in [0.2, 0.25) is 0 Å². The fraction of sp³-hybridized carbons (Fsp3) is 0.357. The summed E-state index contributed by atoms with van der Waals surface area (Å²) in [5.41, 5.74) is 2.19. The lowest BCUT2D eigenvalue weighted by atomic mass is 10.0. The van der Waals surface area contributed by atoms with Crippen LogP contribution in [0.25, 0.3) is 0 Å². The zero-order valence-corrected chi connectivity index (χ0v) is 10.7. The number of rotatable bonds is 5. The number of nitrogens with one attached hydrogen (secondary N) is 1. The molecule has 18 heavy (non-hydrogen) atoms. The molecular weight excluding hydrogens is 229 g/mol. The third kappa shape index (κ3) is 3.17. The van der Waals surface area contributed by atoms with Gasteiger partial charge in [0.25, 0.3) is 0 Å². The lowest BCUT2D eigenvalue weighted by molar-refractivity contribution is 0.542.